The van der Waals surface area contributed by atoms with Gasteiger partial charge in [0.2, 0.25) is 0 Å². The molecule has 25 heavy (non-hydrogen) atoms. The van der Waals surface area contributed by atoms with Gasteiger partial charge in [-0.25, -0.2) is 0 Å². The first kappa shape index (κ1) is 16.7. The minimum absolute atomic E-state index is 0.00400. The fourth-order valence-electron chi connectivity index (χ4n) is 3.94. The molecule has 0 saturated carbocycles. The van der Waals surface area contributed by atoms with Gasteiger partial charge >= 0.3 is 0 Å². The zero-order valence-electron chi connectivity index (χ0n) is 14.8. The number of anilines is 1. The fourth-order valence-corrected chi connectivity index (χ4v) is 3.94. The lowest BCUT2D eigenvalue weighted by Gasteiger charge is -2.35. The molecule has 0 aliphatic carbocycles. The van der Waals surface area contributed by atoms with Crippen molar-refractivity contribution >= 4 is 11.7 Å². The first-order chi connectivity index (χ1) is 12.3. The number of carbonyl (C=O) groups is 1. The van der Waals surface area contributed by atoms with Gasteiger partial charge in [-0.15, -0.1) is 10.2 Å². The summed E-state index contributed by atoms with van der Waals surface area (Å²) >= 11 is 0. The molecule has 7 heteroatoms. The smallest absolute Gasteiger partial charge is 0.274 e. The van der Waals surface area contributed by atoms with Crippen LogP contribution in [0.15, 0.2) is 12.1 Å². The molecular formula is C18H27N5O2. The summed E-state index contributed by atoms with van der Waals surface area (Å²) in [6.07, 6.45) is 3.58. The van der Waals surface area contributed by atoms with Crippen molar-refractivity contribution < 1.29 is 9.53 Å². The van der Waals surface area contributed by atoms with Crippen molar-refractivity contribution in [1.29, 1.82) is 0 Å². The van der Waals surface area contributed by atoms with E-state index in [9.17, 15) is 4.79 Å². The summed E-state index contributed by atoms with van der Waals surface area (Å²) in [5.74, 6) is 1.55. The average molecular weight is 345 g/mol. The second kappa shape index (κ2) is 7.66. The number of amides is 1. The summed E-state index contributed by atoms with van der Waals surface area (Å²) in [4.78, 5) is 19.2. The van der Waals surface area contributed by atoms with E-state index in [-0.39, 0.29) is 5.91 Å². The van der Waals surface area contributed by atoms with Crippen LogP contribution in [0.25, 0.3) is 0 Å². The molecule has 0 radical (unpaired) electrons. The molecule has 1 aromatic heterocycles. The maximum absolute atomic E-state index is 12.7. The van der Waals surface area contributed by atoms with Crippen molar-refractivity contribution in [3.05, 3.63) is 17.8 Å². The molecule has 3 saturated heterocycles. The quantitative estimate of drug-likeness (QED) is 0.807. The summed E-state index contributed by atoms with van der Waals surface area (Å²) in [5.41, 5.74) is 0.459. The minimum atomic E-state index is 0.00400. The lowest BCUT2D eigenvalue weighted by atomic mass is 10.1. The van der Waals surface area contributed by atoms with Crippen molar-refractivity contribution in [2.75, 3.05) is 63.9 Å². The molecule has 0 spiro atoms. The average Bonchev–Trinajstić information content (AvgIpc) is 3.36. The molecule has 3 aliphatic heterocycles. The summed E-state index contributed by atoms with van der Waals surface area (Å²) in [7, 11) is 0. The number of hydrogen-bond donors (Lipinski definition) is 0. The van der Waals surface area contributed by atoms with Gasteiger partial charge < -0.3 is 14.5 Å². The molecule has 1 amide bonds. The van der Waals surface area contributed by atoms with E-state index in [0.29, 0.717) is 11.6 Å². The fraction of sp³-hybridized carbons (Fsp3) is 0.722. The highest BCUT2D eigenvalue weighted by Crippen LogP contribution is 2.18. The number of aromatic nitrogens is 2. The van der Waals surface area contributed by atoms with Crippen LogP contribution in [0.3, 0.4) is 0 Å². The Kier molecular flexibility index (Phi) is 5.12. The first-order valence-electron chi connectivity index (χ1n) is 9.47. The second-order valence-corrected chi connectivity index (χ2v) is 7.29. The molecule has 136 valence electrons. The predicted octanol–water partition coefficient (Wildman–Crippen LogP) is 0.871. The molecule has 0 bridgehead atoms. The highest BCUT2D eigenvalue weighted by atomic mass is 16.5. The molecule has 0 aromatic carbocycles. The molecule has 4 heterocycles. The predicted molar refractivity (Wildman–Crippen MR) is 94.7 cm³/mol. The molecule has 1 aromatic rings. The molecule has 0 N–H and O–H groups in total. The van der Waals surface area contributed by atoms with Gasteiger partial charge in [0.25, 0.3) is 5.91 Å². The molecular weight excluding hydrogens is 318 g/mol. The summed E-state index contributed by atoms with van der Waals surface area (Å²) in [6.45, 7) is 8.35. The van der Waals surface area contributed by atoms with E-state index in [2.05, 4.69) is 20.0 Å². The zero-order valence-corrected chi connectivity index (χ0v) is 14.8. The lowest BCUT2D eigenvalue weighted by molar-refractivity contribution is 0.0604. The standard InChI is InChI=1S/C18H27N5O2/c24-18(16-3-4-17(20-19-16)22-6-1-2-7-22)23-10-8-21(9-11-23)13-15-5-12-25-14-15/h3-4,15H,1-2,5-14H2. The number of hydrogen-bond acceptors (Lipinski definition) is 6. The Morgan fingerprint density at radius 1 is 1.08 bits per heavy atom. The van der Waals surface area contributed by atoms with Gasteiger partial charge in [0.05, 0.1) is 6.61 Å². The number of rotatable bonds is 4. The van der Waals surface area contributed by atoms with Crippen LogP contribution in [0.5, 0.6) is 0 Å². The van der Waals surface area contributed by atoms with Crippen molar-refractivity contribution in [2.45, 2.75) is 19.3 Å². The Hall–Kier alpha value is -1.73. The molecule has 3 aliphatic rings. The molecule has 1 unspecified atom stereocenters. The van der Waals surface area contributed by atoms with Gasteiger partial charge in [0.1, 0.15) is 0 Å². The molecule has 4 rings (SSSR count). The number of carbonyl (C=O) groups excluding carboxylic acids is 1. The Morgan fingerprint density at radius 3 is 2.52 bits per heavy atom. The lowest BCUT2D eigenvalue weighted by Crippen LogP contribution is -2.50. The number of nitrogens with zero attached hydrogens (tertiary/aromatic N) is 5. The monoisotopic (exact) mass is 345 g/mol. The van der Waals surface area contributed by atoms with Crippen LogP contribution < -0.4 is 4.90 Å². The second-order valence-electron chi connectivity index (χ2n) is 7.29. The van der Waals surface area contributed by atoms with Gasteiger partial charge in [-0.1, -0.05) is 0 Å². The highest BCUT2D eigenvalue weighted by molar-refractivity contribution is 5.92. The summed E-state index contributed by atoms with van der Waals surface area (Å²) < 4.78 is 5.45. The van der Waals surface area contributed by atoms with Gasteiger partial charge in [-0.3, -0.25) is 9.69 Å². The van der Waals surface area contributed by atoms with Crippen LogP contribution >= 0.6 is 0 Å². The van der Waals surface area contributed by atoms with Gasteiger partial charge in [-0.2, -0.15) is 0 Å². The van der Waals surface area contributed by atoms with Crippen LogP contribution in [-0.2, 0) is 4.74 Å². The third-order valence-electron chi connectivity index (χ3n) is 5.50. The topological polar surface area (TPSA) is 61.8 Å². The van der Waals surface area contributed by atoms with Crippen LogP contribution in [0.1, 0.15) is 29.8 Å². The van der Waals surface area contributed by atoms with Crippen LogP contribution in [0, 0.1) is 5.92 Å². The van der Waals surface area contributed by atoms with Crippen LogP contribution in [0.4, 0.5) is 5.82 Å². The maximum atomic E-state index is 12.7. The highest BCUT2D eigenvalue weighted by Gasteiger charge is 2.26. The minimum Gasteiger partial charge on any atom is -0.381 e. The van der Waals surface area contributed by atoms with E-state index in [1.54, 1.807) is 0 Å². The van der Waals surface area contributed by atoms with Gasteiger partial charge in [0.15, 0.2) is 11.5 Å². The van der Waals surface area contributed by atoms with Crippen LogP contribution in [0.2, 0.25) is 0 Å². The van der Waals surface area contributed by atoms with E-state index in [1.807, 2.05) is 17.0 Å². The third kappa shape index (κ3) is 3.93. The number of ether oxygens (including phenoxy) is 1. The Balaban J connectivity index is 1.29. The Labute approximate surface area is 148 Å². The third-order valence-corrected chi connectivity index (χ3v) is 5.50. The van der Waals surface area contributed by atoms with Crippen LogP contribution in [-0.4, -0.2) is 84.9 Å². The molecule has 7 nitrogen and oxygen atoms in total. The van der Waals surface area contributed by atoms with Gasteiger partial charge in [0, 0.05) is 52.4 Å². The first-order valence-corrected chi connectivity index (χ1v) is 9.47. The van der Waals surface area contributed by atoms with E-state index >= 15 is 0 Å². The van der Waals surface area contributed by atoms with E-state index in [0.717, 1.165) is 71.3 Å². The summed E-state index contributed by atoms with van der Waals surface area (Å²) in [6, 6.07) is 3.76. The Bertz CT molecular complexity index is 574. The van der Waals surface area contributed by atoms with Crippen molar-refractivity contribution in [3.63, 3.8) is 0 Å². The van der Waals surface area contributed by atoms with E-state index < -0.39 is 0 Å². The molecule has 3 fully saturated rings. The Morgan fingerprint density at radius 2 is 1.88 bits per heavy atom. The van der Waals surface area contributed by atoms with Crippen molar-refractivity contribution in [1.82, 2.24) is 20.0 Å². The zero-order chi connectivity index (χ0) is 17.1. The summed E-state index contributed by atoms with van der Waals surface area (Å²) in [5, 5.41) is 8.45. The largest absolute Gasteiger partial charge is 0.381 e. The van der Waals surface area contributed by atoms with E-state index in [1.165, 1.54) is 12.8 Å². The van der Waals surface area contributed by atoms with Gasteiger partial charge in [-0.05, 0) is 37.3 Å². The number of piperazine rings is 1. The van der Waals surface area contributed by atoms with Crippen molar-refractivity contribution in [3.8, 4) is 0 Å². The molecule has 1 atom stereocenters. The van der Waals surface area contributed by atoms with E-state index in [4.69, 9.17) is 4.74 Å². The SMILES string of the molecule is O=C(c1ccc(N2CCCC2)nn1)N1CCN(CC2CCOC2)CC1. The maximum Gasteiger partial charge on any atom is 0.274 e. The normalized spacial score (nSPS) is 24.9. The van der Waals surface area contributed by atoms with Crippen molar-refractivity contribution in [2.24, 2.45) is 5.92 Å².